The van der Waals surface area contributed by atoms with Crippen LogP contribution < -0.4 is 11.1 Å². The van der Waals surface area contributed by atoms with Crippen molar-refractivity contribution in [1.82, 2.24) is 10.2 Å². The van der Waals surface area contributed by atoms with Crippen molar-refractivity contribution in [3.8, 4) is 0 Å². The van der Waals surface area contributed by atoms with Crippen molar-refractivity contribution < 1.29 is 14.3 Å². The first-order chi connectivity index (χ1) is 9.56. The van der Waals surface area contributed by atoms with Gasteiger partial charge in [-0.3, -0.25) is 9.69 Å². The van der Waals surface area contributed by atoms with E-state index in [1.165, 1.54) is 0 Å². The molecule has 2 atom stereocenters. The lowest BCUT2D eigenvalue weighted by Crippen LogP contribution is -2.54. The van der Waals surface area contributed by atoms with Crippen molar-refractivity contribution in [2.45, 2.75) is 52.7 Å². The molecule has 1 heterocycles. The molecule has 0 aromatic heterocycles. The van der Waals surface area contributed by atoms with Gasteiger partial charge in [0.2, 0.25) is 5.91 Å². The van der Waals surface area contributed by atoms with Crippen LogP contribution in [0.15, 0.2) is 0 Å². The van der Waals surface area contributed by atoms with Gasteiger partial charge in [-0.1, -0.05) is 13.8 Å². The lowest BCUT2D eigenvalue weighted by molar-refractivity contribution is -0.119. The Morgan fingerprint density at radius 2 is 1.95 bits per heavy atom. The number of hydrogen-bond donors (Lipinski definition) is 2. The Labute approximate surface area is 127 Å². The van der Waals surface area contributed by atoms with Crippen LogP contribution in [0, 0.1) is 11.8 Å². The highest BCUT2D eigenvalue weighted by Gasteiger charge is 2.31. The summed E-state index contributed by atoms with van der Waals surface area (Å²) >= 11 is 0. The molecule has 0 spiro atoms. The topological polar surface area (TPSA) is 84.7 Å². The van der Waals surface area contributed by atoms with Gasteiger partial charge < -0.3 is 15.8 Å². The summed E-state index contributed by atoms with van der Waals surface area (Å²) in [6.07, 6.45) is 0.488. The molecule has 0 aromatic rings. The highest BCUT2D eigenvalue weighted by molar-refractivity contribution is 5.76. The second-order valence-corrected chi connectivity index (χ2v) is 7.24. The van der Waals surface area contributed by atoms with Gasteiger partial charge in [0.1, 0.15) is 5.60 Å². The molecule has 1 rings (SSSR count). The van der Waals surface area contributed by atoms with Crippen LogP contribution in [0.1, 0.15) is 41.0 Å². The highest BCUT2D eigenvalue weighted by Crippen LogP contribution is 2.24. The van der Waals surface area contributed by atoms with Crippen LogP contribution in [0.4, 0.5) is 4.79 Å². The lowest BCUT2D eigenvalue weighted by Gasteiger charge is -2.39. The third kappa shape index (κ3) is 6.80. The lowest BCUT2D eigenvalue weighted by atomic mass is 9.85. The summed E-state index contributed by atoms with van der Waals surface area (Å²) < 4.78 is 5.29. The summed E-state index contributed by atoms with van der Waals surface area (Å²) in [7, 11) is 0. The molecule has 0 bridgehead atoms. The minimum Gasteiger partial charge on any atom is -0.444 e. The fourth-order valence-electron chi connectivity index (χ4n) is 2.64. The van der Waals surface area contributed by atoms with Crippen LogP contribution in [-0.4, -0.2) is 48.2 Å². The third-order valence-electron chi connectivity index (χ3n) is 3.60. The predicted octanol–water partition coefficient (Wildman–Crippen LogP) is 1.34. The predicted molar refractivity (Wildman–Crippen MR) is 81.7 cm³/mol. The fourth-order valence-corrected chi connectivity index (χ4v) is 2.64. The van der Waals surface area contributed by atoms with Gasteiger partial charge in [-0.2, -0.15) is 0 Å². The number of carbonyl (C=O) groups excluding carboxylic acids is 2. The van der Waals surface area contributed by atoms with Crippen molar-refractivity contribution in [3.05, 3.63) is 0 Å². The zero-order valence-electron chi connectivity index (χ0n) is 13.8. The average Bonchev–Trinajstić information content (AvgIpc) is 2.24. The number of nitrogens with one attached hydrogen (secondary N) is 1. The summed E-state index contributed by atoms with van der Waals surface area (Å²) in [6, 6.07) is -0.0136. The molecule has 6 heteroatoms. The number of amides is 2. The number of primary amides is 1. The number of hydrogen-bond acceptors (Lipinski definition) is 4. The maximum atomic E-state index is 11.9. The molecule has 1 saturated heterocycles. The van der Waals surface area contributed by atoms with Crippen LogP contribution in [0.3, 0.4) is 0 Å². The van der Waals surface area contributed by atoms with E-state index in [1.54, 1.807) is 0 Å². The van der Waals surface area contributed by atoms with Crippen LogP contribution in [0.2, 0.25) is 0 Å². The number of alkyl carbamates (subject to hydrolysis) is 1. The summed E-state index contributed by atoms with van der Waals surface area (Å²) in [5.74, 6) is 0.581. The Kier molecular flexibility index (Phi) is 6.01. The summed E-state index contributed by atoms with van der Waals surface area (Å²) in [5.41, 5.74) is 4.77. The maximum Gasteiger partial charge on any atom is 0.407 e. The van der Waals surface area contributed by atoms with Crippen LogP contribution in [-0.2, 0) is 9.53 Å². The number of rotatable bonds is 4. The number of likely N-dealkylation sites (tertiary alicyclic amines) is 1. The Bertz CT molecular complexity index is 377. The Morgan fingerprint density at radius 1 is 1.33 bits per heavy atom. The molecule has 0 radical (unpaired) electrons. The number of nitrogens with zero attached hydrogens (tertiary/aromatic N) is 1. The van der Waals surface area contributed by atoms with Crippen LogP contribution in [0.25, 0.3) is 0 Å². The van der Waals surface area contributed by atoms with E-state index in [-0.39, 0.29) is 18.5 Å². The number of piperidine rings is 1. The molecule has 2 amide bonds. The van der Waals surface area contributed by atoms with Gasteiger partial charge in [0.05, 0.1) is 6.54 Å². The van der Waals surface area contributed by atoms with Crippen molar-refractivity contribution in [2.24, 2.45) is 17.6 Å². The molecule has 1 aliphatic rings. The molecule has 1 aliphatic heterocycles. The molecule has 1 fully saturated rings. The molecule has 0 aromatic carbocycles. The fraction of sp³-hybridized carbons (Fsp3) is 0.867. The summed E-state index contributed by atoms with van der Waals surface area (Å²) in [6.45, 7) is 11.5. The van der Waals surface area contributed by atoms with Crippen molar-refractivity contribution in [3.63, 3.8) is 0 Å². The van der Waals surface area contributed by atoms with E-state index in [0.717, 1.165) is 13.0 Å². The second kappa shape index (κ2) is 7.11. The standard InChI is InChI=1S/C15H29N3O3/c1-10(2)11-6-12(8-18(7-11)9-13(16)19)17-14(20)21-15(3,4)5/h10-12H,6-9H2,1-5H3,(H2,16,19)(H,17,20). The highest BCUT2D eigenvalue weighted by atomic mass is 16.6. The van der Waals surface area contributed by atoms with Gasteiger partial charge in [0, 0.05) is 19.1 Å². The third-order valence-corrected chi connectivity index (χ3v) is 3.60. The number of ether oxygens (including phenoxy) is 1. The van der Waals surface area contributed by atoms with Crippen molar-refractivity contribution in [2.75, 3.05) is 19.6 Å². The van der Waals surface area contributed by atoms with Gasteiger partial charge in [-0.25, -0.2) is 4.79 Å². The van der Waals surface area contributed by atoms with Crippen LogP contribution >= 0.6 is 0 Å². The molecular formula is C15H29N3O3. The SMILES string of the molecule is CC(C)C1CC(NC(=O)OC(C)(C)C)CN(CC(N)=O)C1. The van der Waals surface area contributed by atoms with Gasteiger partial charge in [0.15, 0.2) is 0 Å². The van der Waals surface area contributed by atoms with E-state index in [2.05, 4.69) is 19.2 Å². The van der Waals surface area contributed by atoms with E-state index in [9.17, 15) is 9.59 Å². The minimum absolute atomic E-state index is 0.0136. The van der Waals surface area contributed by atoms with Gasteiger partial charge in [0.25, 0.3) is 0 Å². The van der Waals surface area contributed by atoms with Crippen molar-refractivity contribution >= 4 is 12.0 Å². The molecule has 3 N–H and O–H groups in total. The summed E-state index contributed by atoms with van der Waals surface area (Å²) in [4.78, 5) is 25.0. The molecule has 6 nitrogen and oxygen atoms in total. The van der Waals surface area contributed by atoms with Gasteiger partial charge in [-0.05, 0) is 39.0 Å². The average molecular weight is 299 g/mol. The molecule has 2 unspecified atom stereocenters. The first kappa shape index (κ1) is 17.8. The largest absolute Gasteiger partial charge is 0.444 e. The molecular weight excluding hydrogens is 270 g/mol. The van der Waals surface area contributed by atoms with E-state index in [4.69, 9.17) is 10.5 Å². The van der Waals surface area contributed by atoms with Gasteiger partial charge in [-0.15, -0.1) is 0 Å². The molecule has 0 saturated carbocycles. The first-order valence-electron chi connectivity index (χ1n) is 7.57. The zero-order chi connectivity index (χ0) is 16.2. The first-order valence-corrected chi connectivity index (χ1v) is 7.57. The Morgan fingerprint density at radius 3 is 2.43 bits per heavy atom. The van der Waals surface area contributed by atoms with Crippen LogP contribution in [0.5, 0.6) is 0 Å². The van der Waals surface area contributed by atoms with E-state index in [0.29, 0.717) is 18.4 Å². The van der Waals surface area contributed by atoms with E-state index >= 15 is 0 Å². The zero-order valence-corrected chi connectivity index (χ0v) is 13.8. The van der Waals surface area contributed by atoms with E-state index in [1.807, 2.05) is 25.7 Å². The van der Waals surface area contributed by atoms with Crippen molar-refractivity contribution in [1.29, 1.82) is 0 Å². The molecule has 122 valence electrons. The molecule has 0 aliphatic carbocycles. The Balaban J connectivity index is 2.62. The quantitative estimate of drug-likeness (QED) is 0.820. The minimum atomic E-state index is -0.511. The second-order valence-electron chi connectivity index (χ2n) is 7.24. The van der Waals surface area contributed by atoms with Gasteiger partial charge >= 0.3 is 6.09 Å². The monoisotopic (exact) mass is 299 g/mol. The number of nitrogens with two attached hydrogens (primary N) is 1. The molecule has 21 heavy (non-hydrogen) atoms. The number of carbonyl (C=O) groups is 2. The maximum absolute atomic E-state index is 11.9. The Hall–Kier alpha value is -1.30. The van der Waals surface area contributed by atoms with E-state index < -0.39 is 11.7 Å². The smallest absolute Gasteiger partial charge is 0.407 e. The summed E-state index contributed by atoms with van der Waals surface area (Å²) in [5, 5.41) is 2.91. The normalized spacial score (nSPS) is 23.9.